The third kappa shape index (κ3) is 3.30. The van der Waals surface area contributed by atoms with Crippen molar-refractivity contribution in [1.82, 2.24) is 10.2 Å². The Kier molecular flexibility index (Phi) is 5.19. The first kappa shape index (κ1) is 16.5. The molecule has 0 saturated carbocycles. The zero-order chi connectivity index (χ0) is 16.3. The van der Waals surface area contributed by atoms with Crippen molar-refractivity contribution in [2.24, 2.45) is 0 Å². The van der Waals surface area contributed by atoms with E-state index < -0.39 is 11.9 Å². The Bertz CT molecular complexity index is 770. The first-order valence-electron chi connectivity index (χ1n) is 5.94. The number of esters is 2. The van der Waals surface area contributed by atoms with E-state index in [0.29, 0.717) is 10.2 Å². The summed E-state index contributed by atoms with van der Waals surface area (Å²) in [5.41, 5.74) is 1.25. The number of aromatic nitrogens is 2. The third-order valence-electron chi connectivity index (χ3n) is 2.77. The molecule has 0 aliphatic carbocycles. The second-order valence-electron chi connectivity index (χ2n) is 4.07. The van der Waals surface area contributed by atoms with Gasteiger partial charge in [0.25, 0.3) is 0 Å². The first-order chi connectivity index (χ1) is 10.5. The number of H-pyrrole nitrogens is 1. The fraction of sp³-hybridized carbons (Fsp3) is 0.154. The lowest BCUT2D eigenvalue weighted by Gasteiger charge is -2.12. The van der Waals surface area contributed by atoms with Crippen LogP contribution in [0.3, 0.4) is 0 Å². The normalized spacial score (nSPS) is 11.4. The summed E-state index contributed by atoms with van der Waals surface area (Å²) in [7, 11) is 2.44. The van der Waals surface area contributed by atoms with Crippen LogP contribution in [-0.4, -0.2) is 36.4 Å². The van der Waals surface area contributed by atoms with Crippen LogP contribution in [0.5, 0.6) is 0 Å². The molecule has 0 saturated heterocycles. The number of aromatic amines is 1. The molecule has 9 heteroatoms. The van der Waals surface area contributed by atoms with Gasteiger partial charge in [-0.15, -0.1) is 0 Å². The lowest BCUT2D eigenvalue weighted by Crippen LogP contribution is -2.15. The summed E-state index contributed by atoms with van der Waals surface area (Å²) in [4.78, 5) is 23.2. The molecule has 0 aliphatic heterocycles. The van der Waals surface area contributed by atoms with E-state index >= 15 is 0 Å². The average Bonchev–Trinajstić information content (AvgIpc) is 2.99. The number of methoxy groups -OCH3 is 2. The van der Waals surface area contributed by atoms with Crippen molar-refractivity contribution >= 4 is 60.4 Å². The summed E-state index contributed by atoms with van der Waals surface area (Å²) in [5, 5.41) is 10.4. The number of halogens is 2. The van der Waals surface area contributed by atoms with Gasteiger partial charge in [0, 0.05) is 14.3 Å². The second kappa shape index (κ2) is 6.93. The van der Waals surface area contributed by atoms with Crippen LogP contribution in [0.4, 0.5) is 5.69 Å². The van der Waals surface area contributed by atoms with E-state index in [1.54, 1.807) is 12.3 Å². The molecule has 0 atom stereocenters. The number of ether oxygens (including phenoxy) is 2. The fourth-order valence-corrected chi connectivity index (χ4v) is 3.12. The molecule has 0 spiro atoms. The van der Waals surface area contributed by atoms with Crippen LogP contribution in [0.25, 0.3) is 10.9 Å². The predicted molar refractivity (Wildman–Crippen MR) is 87.2 cm³/mol. The molecule has 2 aromatic rings. The van der Waals surface area contributed by atoms with Crippen LogP contribution >= 0.6 is 31.9 Å². The lowest BCUT2D eigenvalue weighted by atomic mass is 10.2. The van der Waals surface area contributed by atoms with E-state index in [-0.39, 0.29) is 5.70 Å². The summed E-state index contributed by atoms with van der Waals surface area (Å²) in [6.07, 6.45) is 2.62. The van der Waals surface area contributed by atoms with Crippen molar-refractivity contribution in [1.29, 1.82) is 0 Å². The quantitative estimate of drug-likeness (QED) is 0.569. The van der Waals surface area contributed by atoms with Gasteiger partial charge in [0.1, 0.15) is 5.70 Å². The minimum absolute atomic E-state index is 0.0557. The number of rotatable bonds is 4. The predicted octanol–water partition coefficient (Wildman–Crippen LogP) is 2.73. The van der Waals surface area contributed by atoms with Gasteiger partial charge in [0.15, 0.2) is 0 Å². The average molecular weight is 433 g/mol. The Balaban J connectivity index is 2.51. The number of fused-ring (bicyclic) bond motifs is 1. The van der Waals surface area contributed by atoms with Crippen molar-refractivity contribution in [3.8, 4) is 0 Å². The number of nitrogens with zero attached hydrogens (tertiary/aromatic N) is 1. The van der Waals surface area contributed by atoms with Gasteiger partial charge in [0.05, 0.1) is 37.7 Å². The number of hydrogen-bond acceptors (Lipinski definition) is 6. The van der Waals surface area contributed by atoms with Gasteiger partial charge >= 0.3 is 11.9 Å². The number of anilines is 1. The number of carbonyl (C=O) groups is 2. The Morgan fingerprint density at radius 2 is 2.00 bits per heavy atom. The molecular formula is C13H11Br2N3O4. The van der Waals surface area contributed by atoms with E-state index in [1.165, 1.54) is 14.2 Å². The highest BCUT2D eigenvalue weighted by molar-refractivity contribution is 9.11. The van der Waals surface area contributed by atoms with Gasteiger partial charge in [-0.3, -0.25) is 5.10 Å². The molecule has 0 radical (unpaired) electrons. The standard InChI is InChI=1S/C13H11Br2N3O4/c1-21-10(19)4-9(13(20)22-2)17-11-6-5-16-18-12(6)8(15)3-7(11)14/h3-5,17H,1-2H3,(H,16,18)/b9-4+. The minimum atomic E-state index is -0.697. The molecule has 0 unspecified atom stereocenters. The third-order valence-corrected chi connectivity index (χ3v) is 4.02. The molecule has 2 N–H and O–H groups in total. The lowest BCUT2D eigenvalue weighted by molar-refractivity contribution is -0.138. The van der Waals surface area contributed by atoms with Gasteiger partial charge in [-0.05, 0) is 37.9 Å². The summed E-state index contributed by atoms with van der Waals surface area (Å²) >= 11 is 6.82. The molecule has 7 nitrogen and oxygen atoms in total. The molecule has 1 aromatic carbocycles. The van der Waals surface area contributed by atoms with Gasteiger partial charge in [-0.1, -0.05) is 0 Å². The van der Waals surface area contributed by atoms with Crippen LogP contribution in [0.2, 0.25) is 0 Å². The zero-order valence-corrected chi connectivity index (χ0v) is 14.7. The highest BCUT2D eigenvalue weighted by Gasteiger charge is 2.17. The van der Waals surface area contributed by atoms with Crippen LogP contribution in [0.15, 0.2) is 33.0 Å². The molecule has 0 aliphatic rings. The fourth-order valence-electron chi connectivity index (χ4n) is 1.74. The van der Waals surface area contributed by atoms with Crippen molar-refractivity contribution in [2.75, 3.05) is 19.5 Å². The van der Waals surface area contributed by atoms with Crippen LogP contribution in [-0.2, 0) is 19.1 Å². The highest BCUT2D eigenvalue weighted by atomic mass is 79.9. The molecule has 22 heavy (non-hydrogen) atoms. The van der Waals surface area contributed by atoms with E-state index in [1.807, 2.05) is 0 Å². The summed E-state index contributed by atoms with van der Waals surface area (Å²) in [6, 6.07) is 1.79. The molecule has 0 amide bonds. The molecule has 2 rings (SSSR count). The van der Waals surface area contributed by atoms with Gasteiger partial charge in [-0.25, -0.2) is 9.59 Å². The number of nitrogens with one attached hydrogen (secondary N) is 2. The maximum absolute atomic E-state index is 11.8. The molecule has 0 bridgehead atoms. The van der Waals surface area contributed by atoms with Crippen molar-refractivity contribution in [3.05, 3.63) is 33.0 Å². The topological polar surface area (TPSA) is 93.3 Å². The van der Waals surface area contributed by atoms with E-state index in [2.05, 4.69) is 56.8 Å². The number of benzene rings is 1. The molecular weight excluding hydrogens is 422 g/mol. The molecule has 0 fully saturated rings. The van der Waals surface area contributed by atoms with Crippen LogP contribution < -0.4 is 5.32 Å². The molecule has 116 valence electrons. The van der Waals surface area contributed by atoms with Crippen LogP contribution in [0, 0.1) is 0 Å². The Morgan fingerprint density at radius 1 is 1.27 bits per heavy atom. The minimum Gasteiger partial charge on any atom is -0.466 e. The van der Waals surface area contributed by atoms with E-state index in [0.717, 1.165) is 21.5 Å². The van der Waals surface area contributed by atoms with Crippen LogP contribution in [0.1, 0.15) is 0 Å². The summed E-state index contributed by atoms with van der Waals surface area (Å²) < 4.78 is 10.7. The highest BCUT2D eigenvalue weighted by Crippen LogP contribution is 2.36. The maximum Gasteiger partial charge on any atom is 0.354 e. The van der Waals surface area contributed by atoms with Crippen molar-refractivity contribution in [3.63, 3.8) is 0 Å². The summed E-state index contributed by atoms with van der Waals surface area (Å²) in [5.74, 6) is -1.37. The largest absolute Gasteiger partial charge is 0.466 e. The Labute approximate surface area is 142 Å². The van der Waals surface area contributed by atoms with E-state index in [4.69, 9.17) is 0 Å². The first-order valence-corrected chi connectivity index (χ1v) is 7.52. The molecule has 1 heterocycles. The SMILES string of the molecule is COC(=O)/C=C(/Nc1c(Br)cc(Br)c2[nH]ncc12)C(=O)OC. The molecule has 1 aromatic heterocycles. The van der Waals surface area contributed by atoms with E-state index in [9.17, 15) is 9.59 Å². The Hall–Kier alpha value is -1.87. The van der Waals surface area contributed by atoms with Gasteiger partial charge in [-0.2, -0.15) is 5.10 Å². The second-order valence-corrected chi connectivity index (χ2v) is 5.78. The van der Waals surface area contributed by atoms with Crippen molar-refractivity contribution < 1.29 is 19.1 Å². The maximum atomic E-state index is 11.8. The number of carbonyl (C=O) groups excluding carboxylic acids is 2. The van der Waals surface area contributed by atoms with Gasteiger partial charge in [0.2, 0.25) is 0 Å². The Morgan fingerprint density at radius 3 is 2.64 bits per heavy atom. The monoisotopic (exact) mass is 431 g/mol. The zero-order valence-electron chi connectivity index (χ0n) is 11.6. The number of hydrogen-bond donors (Lipinski definition) is 2. The van der Waals surface area contributed by atoms with Crippen molar-refractivity contribution in [2.45, 2.75) is 0 Å². The van der Waals surface area contributed by atoms with Gasteiger partial charge < -0.3 is 14.8 Å². The summed E-state index contributed by atoms with van der Waals surface area (Å²) in [6.45, 7) is 0. The smallest absolute Gasteiger partial charge is 0.354 e.